The maximum atomic E-state index is 13.8. The van der Waals surface area contributed by atoms with E-state index in [2.05, 4.69) is 22.0 Å². The van der Waals surface area contributed by atoms with Crippen molar-refractivity contribution in [2.24, 2.45) is 4.99 Å². The van der Waals surface area contributed by atoms with Gasteiger partial charge in [-0.3, -0.25) is 9.36 Å². The molecule has 3 aliphatic heterocycles. The number of carbonyl (C=O) groups excluding carboxylic acids is 1. The molecule has 0 spiro atoms. The number of hydrogen-bond donors (Lipinski definition) is 0. The molecular formula is C28H27N3O6S. The topological polar surface area (TPSA) is 91.6 Å². The predicted molar refractivity (Wildman–Crippen MR) is 142 cm³/mol. The van der Waals surface area contributed by atoms with E-state index in [9.17, 15) is 9.59 Å². The van der Waals surface area contributed by atoms with Crippen LogP contribution in [0, 0.1) is 0 Å². The molecule has 0 amide bonds. The van der Waals surface area contributed by atoms with Crippen molar-refractivity contribution in [3.8, 4) is 11.5 Å². The summed E-state index contributed by atoms with van der Waals surface area (Å²) in [5, 5.41) is 0. The van der Waals surface area contributed by atoms with E-state index >= 15 is 0 Å². The van der Waals surface area contributed by atoms with Gasteiger partial charge in [-0.25, -0.2) is 9.79 Å². The van der Waals surface area contributed by atoms with E-state index in [4.69, 9.17) is 18.9 Å². The van der Waals surface area contributed by atoms with Crippen molar-refractivity contribution < 1.29 is 23.7 Å². The summed E-state index contributed by atoms with van der Waals surface area (Å²) in [7, 11) is 0. The quantitative estimate of drug-likeness (QED) is 0.465. The van der Waals surface area contributed by atoms with Gasteiger partial charge in [0, 0.05) is 18.8 Å². The zero-order chi connectivity index (χ0) is 26.2. The third kappa shape index (κ3) is 4.39. The average Bonchev–Trinajstić information content (AvgIpc) is 3.52. The van der Waals surface area contributed by atoms with E-state index < -0.39 is 12.0 Å². The molecule has 0 aliphatic carbocycles. The second kappa shape index (κ2) is 10.1. The highest BCUT2D eigenvalue weighted by Gasteiger charge is 2.34. The summed E-state index contributed by atoms with van der Waals surface area (Å²) < 4.78 is 24.0. The molecule has 3 aromatic rings. The van der Waals surface area contributed by atoms with Crippen molar-refractivity contribution in [3.05, 3.63) is 84.5 Å². The number of carbonyl (C=O) groups is 1. The Hall–Kier alpha value is -3.89. The molecule has 6 rings (SSSR count). The van der Waals surface area contributed by atoms with Crippen LogP contribution in [-0.4, -0.2) is 50.2 Å². The van der Waals surface area contributed by atoms with Crippen LogP contribution in [0.4, 0.5) is 5.69 Å². The minimum atomic E-state index is -0.703. The summed E-state index contributed by atoms with van der Waals surface area (Å²) in [5.41, 5.74) is 3.39. The standard InChI is InChI=1S/C28H27N3O6S/c1-3-35-27(33)24-17(2)29-28-31(25(24)19-6-9-21-22(15-19)37-16-36-21)26(32)23(38-28)14-18-4-7-20(8-5-18)30-10-12-34-13-11-30/h4-9,14-15,25H,3,10-13,16H2,1-2H3/b23-14+/t25-/m0/s1. The van der Waals surface area contributed by atoms with E-state index in [-0.39, 0.29) is 19.0 Å². The van der Waals surface area contributed by atoms with Gasteiger partial charge >= 0.3 is 5.97 Å². The molecule has 1 fully saturated rings. The number of fused-ring (bicyclic) bond motifs is 2. The normalized spacial score (nSPS) is 18.8. The summed E-state index contributed by atoms with van der Waals surface area (Å²) in [5.74, 6) is 0.701. The van der Waals surface area contributed by atoms with Gasteiger partial charge < -0.3 is 23.8 Å². The van der Waals surface area contributed by atoms with Crippen LogP contribution in [0.25, 0.3) is 6.08 Å². The van der Waals surface area contributed by atoms with Crippen LogP contribution in [0.3, 0.4) is 0 Å². The largest absolute Gasteiger partial charge is 0.463 e. The van der Waals surface area contributed by atoms with Crippen LogP contribution < -0.4 is 29.3 Å². The second-order valence-corrected chi connectivity index (χ2v) is 10.1. The van der Waals surface area contributed by atoms with Crippen molar-refractivity contribution in [2.45, 2.75) is 19.9 Å². The smallest absolute Gasteiger partial charge is 0.338 e. The molecule has 1 saturated heterocycles. The van der Waals surface area contributed by atoms with Gasteiger partial charge in [0.05, 0.1) is 41.7 Å². The van der Waals surface area contributed by atoms with Gasteiger partial charge in [-0.05, 0) is 55.3 Å². The fourth-order valence-corrected chi connectivity index (χ4v) is 5.99. The number of thiazole rings is 1. The lowest BCUT2D eigenvalue weighted by atomic mass is 9.95. The molecule has 10 heteroatoms. The van der Waals surface area contributed by atoms with Crippen LogP contribution >= 0.6 is 11.3 Å². The molecule has 1 atom stereocenters. The Morgan fingerprint density at radius 3 is 2.66 bits per heavy atom. The molecule has 3 aliphatic rings. The maximum Gasteiger partial charge on any atom is 0.338 e. The SMILES string of the molecule is CCOC(=O)C1=C(C)N=c2s/c(=C/c3ccc(N4CCOCC4)cc3)c(=O)n2[C@H]1c1ccc2c(c1)OCO2. The Bertz CT molecular complexity index is 1600. The number of morpholine rings is 1. The van der Waals surface area contributed by atoms with Crippen LogP contribution in [0.2, 0.25) is 0 Å². The first-order chi connectivity index (χ1) is 18.5. The summed E-state index contributed by atoms with van der Waals surface area (Å²) in [4.78, 5) is 34.3. The lowest BCUT2D eigenvalue weighted by molar-refractivity contribution is -0.139. The number of benzene rings is 2. The maximum absolute atomic E-state index is 13.8. The van der Waals surface area contributed by atoms with E-state index in [0.29, 0.717) is 37.7 Å². The zero-order valence-electron chi connectivity index (χ0n) is 21.1. The highest BCUT2D eigenvalue weighted by Crippen LogP contribution is 2.38. The van der Waals surface area contributed by atoms with Crippen molar-refractivity contribution in [1.82, 2.24) is 4.57 Å². The van der Waals surface area contributed by atoms with Gasteiger partial charge in [0.1, 0.15) is 0 Å². The molecule has 0 unspecified atom stereocenters. The van der Waals surface area contributed by atoms with Gasteiger partial charge in [-0.1, -0.05) is 29.5 Å². The zero-order valence-corrected chi connectivity index (χ0v) is 22.0. The van der Waals surface area contributed by atoms with Crippen molar-refractivity contribution >= 4 is 29.1 Å². The van der Waals surface area contributed by atoms with Gasteiger partial charge in [0.15, 0.2) is 16.3 Å². The van der Waals surface area contributed by atoms with Gasteiger partial charge in [-0.15, -0.1) is 0 Å². The number of anilines is 1. The molecule has 4 heterocycles. The lowest BCUT2D eigenvalue weighted by Gasteiger charge is -2.28. The molecule has 0 radical (unpaired) electrons. The number of hydrogen-bond acceptors (Lipinski definition) is 9. The van der Waals surface area contributed by atoms with Crippen LogP contribution in [0.5, 0.6) is 11.5 Å². The summed E-state index contributed by atoms with van der Waals surface area (Å²) >= 11 is 1.30. The molecule has 0 bridgehead atoms. The van der Waals surface area contributed by atoms with E-state index in [1.54, 1.807) is 24.5 Å². The first kappa shape index (κ1) is 24.4. The second-order valence-electron chi connectivity index (χ2n) is 9.11. The Balaban J connectivity index is 1.43. The van der Waals surface area contributed by atoms with E-state index in [0.717, 1.165) is 37.6 Å². The Morgan fingerprint density at radius 2 is 1.89 bits per heavy atom. The number of ether oxygens (including phenoxy) is 4. The third-order valence-corrected chi connectivity index (χ3v) is 7.78. The summed E-state index contributed by atoms with van der Waals surface area (Å²) in [6, 6.07) is 12.9. The monoisotopic (exact) mass is 533 g/mol. The van der Waals surface area contributed by atoms with Crippen LogP contribution in [0.1, 0.15) is 31.0 Å². The van der Waals surface area contributed by atoms with Gasteiger partial charge in [0.25, 0.3) is 5.56 Å². The van der Waals surface area contributed by atoms with Gasteiger partial charge in [-0.2, -0.15) is 0 Å². The molecule has 1 aromatic heterocycles. The molecule has 2 aromatic carbocycles. The number of nitrogens with zero attached hydrogens (tertiary/aromatic N) is 3. The Labute approximate surface area is 222 Å². The first-order valence-corrected chi connectivity index (χ1v) is 13.4. The molecule has 0 saturated carbocycles. The minimum Gasteiger partial charge on any atom is -0.463 e. The van der Waals surface area contributed by atoms with E-state index in [1.807, 2.05) is 30.3 Å². The first-order valence-electron chi connectivity index (χ1n) is 12.6. The molecular weight excluding hydrogens is 506 g/mol. The Kier molecular flexibility index (Phi) is 6.50. The molecule has 9 nitrogen and oxygen atoms in total. The Morgan fingerprint density at radius 1 is 1.13 bits per heavy atom. The average molecular weight is 534 g/mol. The van der Waals surface area contributed by atoms with Gasteiger partial charge in [0.2, 0.25) is 6.79 Å². The minimum absolute atomic E-state index is 0.130. The number of esters is 1. The molecule has 196 valence electrons. The fourth-order valence-electron chi connectivity index (χ4n) is 4.94. The lowest BCUT2D eigenvalue weighted by Crippen LogP contribution is -2.39. The molecule has 0 N–H and O–H groups in total. The third-order valence-electron chi connectivity index (χ3n) is 6.80. The highest BCUT2D eigenvalue weighted by atomic mass is 32.1. The van der Waals surface area contributed by atoms with Crippen LogP contribution in [0.15, 0.2) is 63.5 Å². The predicted octanol–water partition coefficient (Wildman–Crippen LogP) is 2.36. The summed E-state index contributed by atoms with van der Waals surface area (Å²) in [6.07, 6.45) is 1.87. The van der Waals surface area contributed by atoms with Crippen molar-refractivity contribution in [2.75, 3.05) is 44.6 Å². The number of allylic oxidation sites excluding steroid dienone is 1. The van der Waals surface area contributed by atoms with E-state index in [1.165, 1.54) is 11.3 Å². The highest BCUT2D eigenvalue weighted by molar-refractivity contribution is 7.07. The summed E-state index contributed by atoms with van der Waals surface area (Å²) in [6.45, 7) is 7.04. The van der Waals surface area contributed by atoms with Crippen molar-refractivity contribution in [3.63, 3.8) is 0 Å². The fraction of sp³-hybridized carbons (Fsp3) is 0.321. The molecule has 38 heavy (non-hydrogen) atoms. The van der Waals surface area contributed by atoms with Crippen LogP contribution in [-0.2, 0) is 14.3 Å². The van der Waals surface area contributed by atoms with Crippen molar-refractivity contribution in [1.29, 1.82) is 0 Å². The number of aromatic nitrogens is 1. The number of rotatable bonds is 5.